The van der Waals surface area contributed by atoms with Crippen LogP contribution in [-0.2, 0) is 27.8 Å². The maximum Gasteiger partial charge on any atom is 0.264 e. The molecule has 0 saturated carbocycles. The Balaban J connectivity index is 1.24. The third-order valence-electron chi connectivity index (χ3n) is 8.47. The van der Waals surface area contributed by atoms with Gasteiger partial charge in [0.1, 0.15) is 0 Å². The average molecular weight is 633 g/mol. The van der Waals surface area contributed by atoms with Crippen molar-refractivity contribution in [3.63, 3.8) is 0 Å². The quantitative estimate of drug-likeness (QED) is 0.190. The first-order valence-electron chi connectivity index (χ1n) is 15.2. The molecule has 0 bridgehead atoms. The molecule has 5 aromatic rings. The molecule has 0 aliphatic carbocycles. The van der Waals surface area contributed by atoms with Gasteiger partial charge in [-0.3, -0.25) is 9.69 Å². The third kappa shape index (κ3) is 6.54. The third-order valence-corrected chi connectivity index (χ3v) is 9.83. The number of methoxy groups -OCH3 is 2. The van der Waals surface area contributed by atoms with E-state index in [4.69, 9.17) is 9.47 Å². The van der Waals surface area contributed by atoms with E-state index in [-0.39, 0.29) is 10.9 Å². The zero-order valence-corrected chi connectivity index (χ0v) is 26.6. The topological polar surface area (TPSA) is 84.9 Å². The molecule has 6 rings (SSSR count). The van der Waals surface area contributed by atoms with E-state index in [1.165, 1.54) is 5.56 Å². The van der Waals surface area contributed by atoms with Gasteiger partial charge in [0.25, 0.3) is 10.0 Å². The molecule has 1 atom stereocenters. The highest BCUT2D eigenvalue weighted by atomic mass is 32.2. The van der Waals surface area contributed by atoms with Gasteiger partial charge >= 0.3 is 0 Å². The number of carbonyl (C=O) groups is 1. The molecular formula is C38H36N2O5S. The number of rotatable bonds is 10. The molecule has 8 heteroatoms. The fourth-order valence-corrected chi connectivity index (χ4v) is 7.23. The summed E-state index contributed by atoms with van der Waals surface area (Å²) < 4.78 is 40.4. The maximum absolute atomic E-state index is 13.5. The lowest BCUT2D eigenvalue weighted by atomic mass is 9.87. The number of hydrogen-bond acceptors (Lipinski definition) is 6. The summed E-state index contributed by atoms with van der Waals surface area (Å²) in [6, 6.07) is 39.6. The summed E-state index contributed by atoms with van der Waals surface area (Å²) in [7, 11) is -0.828. The number of benzene rings is 5. The predicted octanol–water partition coefficient (Wildman–Crippen LogP) is 6.49. The molecule has 1 aliphatic rings. The molecule has 234 valence electrons. The first kappa shape index (κ1) is 31.1. The molecule has 1 amide bonds. The van der Waals surface area contributed by atoms with Crippen LogP contribution < -0.4 is 14.2 Å². The summed E-state index contributed by atoms with van der Waals surface area (Å²) >= 11 is 0. The van der Waals surface area contributed by atoms with Crippen molar-refractivity contribution < 1.29 is 22.7 Å². The molecule has 5 aromatic carbocycles. The van der Waals surface area contributed by atoms with Gasteiger partial charge < -0.3 is 9.47 Å². The van der Waals surface area contributed by atoms with Gasteiger partial charge in [-0.05, 0) is 64.1 Å². The van der Waals surface area contributed by atoms with Crippen LogP contribution in [0.5, 0.6) is 11.5 Å². The van der Waals surface area contributed by atoms with Crippen LogP contribution >= 0.6 is 0 Å². The van der Waals surface area contributed by atoms with Crippen LogP contribution in [0.2, 0.25) is 0 Å². The molecule has 0 fully saturated rings. The molecule has 1 heterocycles. The SMILES string of the molecule is COc1cc2c(cc1OC)C(c1ccccc1)N(Cc1ccc(S(=O)(=O)NC(=O)C(c3ccccc3)c3ccccc3)cc1)CC2. The zero-order chi connectivity index (χ0) is 32.1. The summed E-state index contributed by atoms with van der Waals surface area (Å²) in [5, 5.41) is 0. The number of ether oxygens (including phenoxy) is 2. The largest absolute Gasteiger partial charge is 0.493 e. The molecule has 1 aliphatic heterocycles. The van der Waals surface area contributed by atoms with Crippen molar-refractivity contribution in [3.05, 3.63) is 161 Å². The van der Waals surface area contributed by atoms with Gasteiger partial charge in [-0.2, -0.15) is 0 Å². The predicted molar refractivity (Wildman–Crippen MR) is 178 cm³/mol. The van der Waals surface area contributed by atoms with Crippen LogP contribution in [0.3, 0.4) is 0 Å². The smallest absolute Gasteiger partial charge is 0.264 e. The van der Waals surface area contributed by atoms with Crippen LogP contribution in [0.4, 0.5) is 0 Å². The highest BCUT2D eigenvalue weighted by Crippen LogP contribution is 2.41. The number of carbonyl (C=O) groups excluding carboxylic acids is 1. The molecule has 7 nitrogen and oxygen atoms in total. The van der Waals surface area contributed by atoms with Crippen LogP contribution in [0.25, 0.3) is 0 Å². The number of nitrogens with zero attached hydrogens (tertiary/aromatic N) is 1. The van der Waals surface area contributed by atoms with Gasteiger partial charge in [0.15, 0.2) is 11.5 Å². The number of hydrogen-bond donors (Lipinski definition) is 1. The van der Waals surface area contributed by atoms with E-state index in [9.17, 15) is 13.2 Å². The Labute approximate surface area is 270 Å². The van der Waals surface area contributed by atoms with E-state index in [1.54, 1.807) is 26.4 Å². The highest BCUT2D eigenvalue weighted by Gasteiger charge is 2.31. The highest BCUT2D eigenvalue weighted by molar-refractivity contribution is 7.90. The van der Waals surface area contributed by atoms with Gasteiger partial charge in [0.2, 0.25) is 5.91 Å². The summed E-state index contributed by atoms with van der Waals surface area (Å²) in [5.41, 5.74) is 5.91. The van der Waals surface area contributed by atoms with E-state index < -0.39 is 21.8 Å². The van der Waals surface area contributed by atoms with Crippen LogP contribution in [0, 0.1) is 0 Å². The van der Waals surface area contributed by atoms with E-state index >= 15 is 0 Å². The number of fused-ring (bicyclic) bond motifs is 1. The lowest BCUT2D eigenvalue weighted by Gasteiger charge is -2.38. The van der Waals surface area contributed by atoms with E-state index in [1.807, 2.05) is 91.0 Å². The lowest BCUT2D eigenvalue weighted by molar-refractivity contribution is -0.119. The summed E-state index contributed by atoms with van der Waals surface area (Å²) in [4.78, 5) is 15.9. The van der Waals surface area contributed by atoms with Crippen molar-refractivity contribution in [2.75, 3.05) is 20.8 Å². The Morgan fingerprint density at radius 3 is 1.89 bits per heavy atom. The molecular weight excluding hydrogens is 596 g/mol. The second-order valence-electron chi connectivity index (χ2n) is 11.3. The molecule has 1 N–H and O–H groups in total. The van der Waals surface area contributed by atoms with Crippen molar-refractivity contribution in [2.45, 2.75) is 29.8 Å². The Morgan fingerprint density at radius 1 is 0.783 bits per heavy atom. The lowest BCUT2D eigenvalue weighted by Crippen LogP contribution is -2.36. The van der Waals surface area contributed by atoms with Gasteiger partial charge in [0, 0.05) is 13.1 Å². The fourth-order valence-electron chi connectivity index (χ4n) is 6.24. The van der Waals surface area contributed by atoms with Crippen molar-refractivity contribution in [1.29, 1.82) is 0 Å². The monoisotopic (exact) mass is 632 g/mol. The second-order valence-corrected chi connectivity index (χ2v) is 13.0. The molecule has 0 aromatic heterocycles. The van der Waals surface area contributed by atoms with Gasteiger partial charge in [-0.25, -0.2) is 13.1 Å². The first-order chi connectivity index (χ1) is 22.4. The molecule has 1 unspecified atom stereocenters. The van der Waals surface area contributed by atoms with Crippen LogP contribution in [-0.4, -0.2) is 40.0 Å². The number of amides is 1. The van der Waals surface area contributed by atoms with Crippen molar-refractivity contribution in [1.82, 2.24) is 9.62 Å². The van der Waals surface area contributed by atoms with Gasteiger partial charge in [-0.15, -0.1) is 0 Å². The fraction of sp³-hybridized carbons (Fsp3) is 0.184. The Hall–Kier alpha value is -4.92. The minimum Gasteiger partial charge on any atom is -0.493 e. The Kier molecular flexibility index (Phi) is 9.19. The summed E-state index contributed by atoms with van der Waals surface area (Å²) in [6.45, 7) is 1.41. The second kappa shape index (κ2) is 13.6. The zero-order valence-electron chi connectivity index (χ0n) is 25.8. The molecule has 0 radical (unpaired) electrons. The van der Waals surface area contributed by atoms with E-state index in [0.717, 1.165) is 29.7 Å². The van der Waals surface area contributed by atoms with Gasteiger partial charge in [0.05, 0.1) is 31.1 Å². The average Bonchev–Trinajstić information content (AvgIpc) is 3.09. The van der Waals surface area contributed by atoms with Gasteiger partial charge in [-0.1, -0.05) is 103 Å². The van der Waals surface area contributed by atoms with E-state index in [0.29, 0.717) is 29.2 Å². The van der Waals surface area contributed by atoms with Crippen LogP contribution in [0.15, 0.2) is 132 Å². The van der Waals surface area contributed by atoms with Crippen LogP contribution in [0.1, 0.15) is 45.3 Å². The summed E-state index contributed by atoms with van der Waals surface area (Å²) in [5.74, 6) is 0.0184. The minimum atomic E-state index is -4.12. The number of sulfonamides is 1. The number of nitrogens with one attached hydrogen (secondary N) is 1. The minimum absolute atomic E-state index is 0.0274. The molecule has 0 saturated heterocycles. The molecule has 46 heavy (non-hydrogen) atoms. The van der Waals surface area contributed by atoms with Crippen molar-refractivity contribution in [2.24, 2.45) is 0 Å². The van der Waals surface area contributed by atoms with Crippen molar-refractivity contribution >= 4 is 15.9 Å². The maximum atomic E-state index is 13.5. The normalized spacial score (nSPS) is 14.8. The standard InChI is InChI=1S/C38H36N2O5S/c1-44-34-24-31-22-23-40(37(30-16-10-5-11-17-30)33(31)25-35(34)45-2)26-27-18-20-32(21-19-27)46(42,43)39-38(41)36(28-12-6-3-7-13-28)29-14-8-4-9-15-29/h3-21,24-25,36-37H,22-23,26H2,1-2H3,(H,39,41). The van der Waals surface area contributed by atoms with E-state index in [2.05, 4.69) is 33.9 Å². The molecule has 0 spiro atoms. The van der Waals surface area contributed by atoms with Crippen molar-refractivity contribution in [3.8, 4) is 11.5 Å². The summed E-state index contributed by atoms with van der Waals surface area (Å²) in [6.07, 6.45) is 0.835. The Morgan fingerprint density at radius 2 is 1.33 bits per heavy atom. The first-order valence-corrected chi connectivity index (χ1v) is 16.7. The Bertz CT molecular complexity index is 1860.